The van der Waals surface area contributed by atoms with Gasteiger partial charge >= 0.3 is 13.8 Å². The summed E-state index contributed by atoms with van der Waals surface area (Å²) in [6.45, 7) is 4.98. The van der Waals surface area contributed by atoms with Gasteiger partial charge in [-0.3, -0.25) is 13.8 Å². The summed E-state index contributed by atoms with van der Waals surface area (Å²) < 4.78 is 33.5. The van der Waals surface area contributed by atoms with Crippen LogP contribution in [0.15, 0.2) is 12.2 Å². The van der Waals surface area contributed by atoms with E-state index in [-0.39, 0.29) is 32.3 Å². The van der Waals surface area contributed by atoms with Gasteiger partial charge < -0.3 is 20.1 Å². The van der Waals surface area contributed by atoms with E-state index in [1.54, 1.807) is 0 Å². The summed E-state index contributed by atoms with van der Waals surface area (Å²) in [6.07, 6.45) is 49.5. The molecule has 2 unspecified atom stereocenters. The lowest BCUT2D eigenvalue weighted by molar-refractivity contribution is -0.154. The molecule has 334 valence electrons. The van der Waals surface area contributed by atoms with Gasteiger partial charge in [-0.15, -0.1) is 0 Å². The van der Waals surface area contributed by atoms with E-state index >= 15 is 0 Å². The van der Waals surface area contributed by atoms with Crippen molar-refractivity contribution in [3.63, 3.8) is 0 Å². The fourth-order valence-electron chi connectivity index (χ4n) is 7.11. The Kier molecular flexibility index (Phi) is 44.7. The van der Waals surface area contributed by atoms with E-state index in [1.165, 1.54) is 193 Å². The molecule has 0 aliphatic heterocycles. The highest BCUT2D eigenvalue weighted by atomic mass is 31.2. The van der Waals surface area contributed by atoms with E-state index in [1.807, 2.05) is 0 Å². The molecule has 0 aliphatic carbocycles. The molecule has 0 rings (SSSR count). The van der Waals surface area contributed by atoms with E-state index in [9.17, 15) is 14.3 Å². The van der Waals surface area contributed by atoms with Crippen molar-refractivity contribution < 1.29 is 32.8 Å². The molecule has 0 heterocycles. The van der Waals surface area contributed by atoms with Crippen LogP contribution in [0.5, 0.6) is 0 Å². The largest absolute Gasteiger partial charge is 0.472 e. The third-order valence-electron chi connectivity index (χ3n) is 10.7. The van der Waals surface area contributed by atoms with E-state index in [4.69, 9.17) is 24.3 Å². The number of esters is 1. The number of hydrogen-bond acceptors (Lipinski definition) is 7. The summed E-state index contributed by atoms with van der Waals surface area (Å²) in [7, 11) is -4.28. The minimum Gasteiger partial charge on any atom is -0.457 e. The second kappa shape index (κ2) is 45.3. The molecule has 9 heteroatoms. The van der Waals surface area contributed by atoms with Gasteiger partial charge in [-0.2, -0.15) is 0 Å². The molecule has 2 atom stereocenters. The van der Waals surface area contributed by atoms with Crippen LogP contribution in [0.4, 0.5) is 0 Å². The van der Waals surface area contributed by atoms with E-state index in [0.29, 0.717) is 13.0 Å². The van der Waals surface area contributed by atoms with Gasteiger partial charge in [0.1, 0.15) is 6.10 Å². The Hall–Kier alpha value is -0.760. The topological polar surface area (TPSA) is 117 Å². The Bertz CT molecular complexity index is 873. The number of hydrogen-bond donors (Lipinski definition) is 2. The Labute approximate surface area is 347 Å². The second-order valence-corrected chi connectivity index (χ2v) is 17.8. The maximum absolute atomic E-state index is 12.6. The molecule has 0 saturated carbocycles. The first-order chi connectivity index (χ1) is 27.4. The Morgan fingerprint density at radius 1 is 0.518 bits per heavy atom. The molecule has 0 aliphatic rings. The summed E-state index contributed by atoms with van der Waals surface area (Å²) in [4.78, 5) is 22.5. The Morgan fingerprint density at radius 3 is 1.30 bits per heavy atom. The lowest BCUT2D eigenvalue weighted by atomic mass is 10.0. The Balaban J connectivity index is 3.94. The molecule has 0 aromatic heterocycles. The zero-order valence-electron chi connectivity index (χ0n) is 37.1. The van der Waals surface area contributed by atoms with Gasteiger partial charge in [0.05, 0.1) is 19.8 Å². The summed E-state index contributed by atoms with van der Waals surface area (Å²) >= 11 is 0. The van der Waals surface area contributed by atoms with E-state index in [0.717, 1.165) is 32.1 Å². The number of phosphoric ester groups is 1. The van der Waals surface area contributed by atoms with Gasteiger partial charge in [0.15, 0.2) is 0 Å². The van der Waals surface area contributed by atoms with Gasteiger partial charge in [-0.1, -0.05) is 212 Å². The van der Waals surface area contributed by atoms with Crippen LogP contribution in [0.2, 0.25) is 0 Å². The molecule has 0 radical (unpaired) electrons. The van der Waals surface area contributed by atoms with Crippen molar-refractivity contribution >= 4 is 13.8 Å². The number of nitrogens with two attached hydrogens (primary N) is 1. The molecule has 0 aromatic carbocycles. The highest BCUT2D eigenvalue weighted by molar-refractivity contribution is 7.47. The third kappa shape index (κ3) is 44.3. The maximum atomic E-state index is 12.6. The number of unbranched alkanes of at least 4 members (excludes halogenated alkanes) is 32. The maximum Gasteiger partial charge on any atom is 0.472 e. The molecule has 0 fully saturated rings. The quantitative estimate of drug-likeness (QED) is 0.0270. The van der Waals surface area contributed by atoms with Crippen LogP contribution in [0.1, 0.15) is 245 Å². The third-order valence-corrected chi connectivity index (χ3v) is 11.7. The molecule has 0 saturated heterocycles. The van der Waals surface area contributed by atoms with Crippen LogP contribution >= 0.6 is 7.82 Å². The van der Waals surface area contributed by atoms with Crippen molar-refractivity contribution in [2.45, 2.75) is 251 Å². The van der Waals surface area contributed by atoms with Crippen molar-refractivity contribution in [2.24, 2.45) is 5.73 Å². The predicted octanol–water partition coefficient (Wildman–Crippen LogP) is 14.6. The van der Waals surface area contributed by atoms with Crippen molar-refractivity contribution in [2.75, 3.05) is 33.0 Å². The van der Waals surface area contributed by atoms with Crippen LogP contribution in [0, 0.1) is 0 Å². The first-order valence-electron chi connectivity index (χ1n) is 24.2. The van der Waals surface area contributed by atoms with Crippen molar-refractivity contribution in [3.05, 3.63) is 12.2 Å². The molecule has 0 spiro atoms. The molecule has 56 heavy (non-hydrogen) atoms. The van der Waals surface area contributed by atoms with Crippen LogP contribution in [0.3, 0.4) is 0 Å². The highest BCUT2D eigenvalue weighted by Crippen LogP contribution is 2.43. The van der Waals surface area contributed by atoms with E-state index < -0.39 is 13.9 Å². The normalized spacial score (nSPS) is 13.4. The molecular weight excluding hydrogens is 721 g/mol. The lowest BCUT2D eigenvalue weighted by Crippen LogP contribution is -2.28. The van der Waals surface area contributed by atoms with Crippen LogP contribution in [-0.2, 0) is 27.9 Å². The summed E-state index contributed by atoms with van der Waals surface area (Å²) in [5.41, 5.74) is 5.38. The van der Waals surface area contributed by atoms with Gasteiger partial charge in [0.25, 0.3) is 0 Å². The zero-order chi connectivity index (χ0) is 40.9. The fraction of sp³-hybridized carbons (Fsp3) is 0.936. The lowest BCUT2D eigenvalue weighted by Gasteiger charge is -2.20. The molecule has 0 aromatic rings. The van der Waals surface area contributed by atoms with Crippen LogP contribution < -0.4 is 5.73 Å². The molecule has 0 bridgehead atoms. The van der Waals surface area contributed by atoms with Gasteiger partial charge in [0.2, 0.25) is 0 Å². The first-order valence-corrected chi connectivity index (χ1v) is 25.7. The minimum atomic E-state index is -4.28. The van der Waals surface area contributed by atoms with E-state index in [2.05, 4.69) is 26.0 Å². The molecule has 0 amide bonds. The predicted molar refractivity (Wildman–Crippen MR) is 238 cm³/mol. The van der Waals surface area contributed by atoms with Crippen molar-refractivity contribution in [3.8, 4) is 0 Å². The number of carbonyl (C=O) groups is 1. The van der Waals surface area contributed by atoms with Crippen molar-refractivity contribution in [1.82, 2.24) is 0 Å². The second-order valence-electron chi connectivity index (χ2n) is 16.3. The summed E-state index contributed by atoms with van der Waals surface area (Å²) in [5.74, 6) is -0.329. The number of carbonyl (C=O) groups excluding carboxylic acids is 1. The number of allylic oxidation sites excluding steroid dienone is 2. The number of phosphoric acid groups is 1. The standard InChI is InChI=1S/C47H94NO7P/c1-3-5-7-9-11-13-15-17-19-21-23-25-27-29-31-33-35-37-39-42-52-44-46(45-54-56(50,51)53-43-41-48)55-47(49)40-38-36-34-32-30-28-26-24-22-20-18-16-14-12-10-8-6-4-2/h20,22,46H,3-19,21,23-45,48H2,1-2H3,(H,50,51)/b22-20-. The highest BCUT2D eigenvalue weighted by Gasteiger charge is 2.25. The average Bonchev–Trinajstić information content (AvgIpc) is 3.19. The monoisotopic (exact) mass is 816 g/mol. The fourth-order valence-corrected chi connectivity index (χ4v) is 7.88. The molecule has 3 N–H and O–H groups in total. The zero-order valence-corrected chi connectivity index (χ0v) is 38.0. The summed E-state index contributed by atoms with van der Waals surface area (Å²) in [5, 5.41) is 0. The van der Waals surface area contributed by atoms with Crippen molar-refractivity contribution in [1.29, 1.82) is 0 Å². The average molecular weight is 816 g/mol. The van der Waals surface area contributed by atoms with Gasteiger partial charge in [0, 0.05) is 19.6 Å². The Morgan fingerprint density at radius 2 is 0.893 bits per heavy atom. The molecular formula is C47H94NO7P. The summed E-state index contributed by atoms with van der Waals surface area (Å²) in [6, 6.07) is 0. The first kappa shape index (κ1) is 55.2. The number of rotatable bonds is 47. The molecule has 8 nitrogen and oxygen atoms in total. The van der Waals surface area contributed by atoms with Gasteiger partial charge in [-0.25, -0.2) is 4.57 Å². The van der Waals surface area contributed by atoms with Crippen LogP contribution in [-0.4, -0.2) is 49.9 Å². The number of ether oxygens (including phenoxy) is 2. The minimum absolute atomic E-state index is 0.0927. The smallest absolute Gasteiger partial charge is 0.457 e. The van der Waals surface area contributed by atoms with Crippen LogP contribution in [0.25, 0.3) is 0 Å². The SMILES string of the molecule is CCCCCCCCC/C=C\CCCCCCCCCC(=O)OC(COCCCCCCCCCCCCCCCCCCCCC)COP(=O)(O)OCCN. The van der Waals surface area contributed by atoms with Gasteiger partial charge in [-0.05, 0) is 38.5 Å².